The zero-order chi connectivity index (χ0) is 12.4. The molecule has 0 aromatic carbocycles. The Kier molecular flexibility index (Phi) is 2.73. The lowest BCUT2D eigenvalue weighted by Gasteiger charge is -2.10. The molecule has 2 heterocycles. The lowest BCUT2D eigenvalue weighted by Crippen LogP contribution is -2.21. The van der Waals surface area contributed by atoms with Crippen LogP contribution in [-0.4, -0.2) is 31.0 Å². The van der Waals surface area contributed by atoms with Crippen LogP contribution in [0, 0.1) is 13.8 Å². The molecule has 0 saturated heterocycles. The second-order valence-corrected chi connectivity index (χ2v) is 3.54. The van der Waals surface area contributed by atoms with Gasteiger partial charge in [0.1, 0.15) is 0 Å². The van der Waals surface area contributed by atoms with Gasteiger partial charge in [-0.15, -0.1) is 5.10 Å². The first-order chi connectivity index (χ1) is 8.15. The van der Waals surface area contributed by atoms with Crippen molar-refractivity contribution < 1.29 is 5.21 Å². The average molecular weight is 232 g/mol. The highest BCUT2D eigenvalue weighted by Gasteiger charge is 2.16. The van der Waals surface area contributed by atoms with Gasteiger partial charge in [0.25, 0.3) is 0 Å². The molecule has 7 nitrogen and oxygen atoms in total. The molecule has 2 aromatic rings. The summed E-state index contributed by atoms with van der Waals surface area (Å²) < 4.78 is 1.52. The summed E-state index contributed by atoms with van der Waals surface area (Å²) in [6.07, 6.45) is 3.33. The number of hydrogen-bond donors (Lipinski definition) is 2. The highest BCUT2D eigenvalue weighted by molar-refractivity contribution is 6.01. The largest absolute Gasteiger partial charge is 0.409 e. The van der Waals surface area contributed by atoms with Crippen molar-refractivity contribution >= 4 is 5.84 Å². The van der Waals surface area contributed by atoms with Gasteiger partial charge in [-0.05, 0) is 25.5 Å². The number of amidine groups is 1. The van der Waals surface area contributed by atoms with Gasteiger partial charge in [0, 0.05) is 12.4 Å². The number of nitrogens with two attached hydrogens (primary N) is 1. The Labute approximate surface area is 97.6 Å². The molecule has 0 aliphatic rings. The van der Waals surface area contributed by atoms with Crippen LogP contribution in [0.25, 0.3) is 5.82 Å². The molecule has 3 N–H and O–H groups in total. The molecule has 17 heavy (non-hydrogen) atoms. The van der Waals surface area contributed by atoms with Crippen molar-refractivity contribution in [3.8, 4) is 5.82 Å². The summed E-state index contributed by atoms with van der Waals surface area (Å²) in [4.78, 5) is 0. The van der Waals surface area contributed by atoms with Crippen LogP contribution in [0.2, 0.25) is 0 Å². The van der Waals surface area contributed by atoms with Crippen molar-refractivity contribution in [1.82, 2.24) is 20.0 Å². The minimum absolute atomic E-state index is 0.00833. The fourth-order valence-electron chi connectivity index (χ4n) is 1.51. The maximum absolute atomic E-state index is 8.81. The Hall–Kier alpha value is -2.44. The second-order valence-electron chi connectivity index (χ2n) is 3.54. The molecular weight excluding hydrogens is 220 g/mol. The molecule has 0 amide bonds. The van der Waals surface area contributed by atoms with Crippen LogP contribution in [0.15, 0.2) is 23.6 Å². The Morgan fingerprint density at radius 1 is 1.41 bits per heavy atom. The topological polar surface area (TPSA) is 102 Å². The fourth-order valence-corrected chi connectivity index (χ4v) is 1.51. The van der Waals surface area contributed by atoms with E-state index in [0.717, 1.165) is 11.3 Å². The van der Waals surface area contributed by atoms with E-state index in [1.54, 1.807) is 18.5 Å². The van der Waals surface area contributed by atoms with E-state index in [4.69, 9.17) is 10.9 Å². The third-order valence-corrected chi connectivity index (χ3v) is 2.52. The number of hydrogen-bond acceptors (Lipinski definition) is 5. The van der Waals surface area contributed by atoms with Gasteiger partial charge in [-0.2, -0.15) is 10.2 Å². The van der Waals surface area contributed by atoms with Crippen molar-refractivity contribution in [3.63, 3.8) is 0 Å². The molecule has 0 atom stereocenters. The van der Waals surface area contributed by atoms with Gasteiger partial charge < -0.3 is 10.9 Å². The van der Waals surface area contributed by atoms with Crippen LogP contribution in [0.3, 0.4) is 0 Å². The van der Waals surface area contributed by atoms with E-state index in [1.165, 1.54) is 4.68 Å². The summed E-state index contributed by atoms with van der Waals surface area (Å²) in [6, 6.07) is 1.76. The van der Waals surface area contributed by atoms with Gasteiger partial charge in [-0.3, -0.25) is 0 Å². The number of aromatic nitrogens is 4. The third-order valence-electron chi connectivity index (χ3n) is 2.52. The molecule has 0 aliphatic carbocycles. The number of rotatable bonds is 2. The van der Waals surface area contributed by atoms with Crippen LogP contribution in [0.4, 0.5) is 0 Å². The molecule has 0 saturated carbocycles. The molecule has 0 fully saturated rings. The van der Waals surface area contributed by atoms with Crippen molar-refractivity contribution in [3.05, 3.63) is 35.3 Å². The zero-order valence-corrected chi connectivity index (χ0v) is 9.49. The molecule has 7 heteroatoms. The van der Waals surface area contributed by atoms with Crippen LogP contribution in [-0.2, 0) is 0 Å². The molecule has 0 spiro atoms. The quantitative estimate of drug-likeness (QED) is 0.337. The predicted octanol–water partition coefficient (Wildman–Crippen LogP) is 0.374. The molecule has 2 rings (SSSR count). The van der Waals surface area contributed by atoms with Gasteiger partial charge in [0.2, 0.25) is 0 Å². The average Bonchev–Trinajstić information content (AvgIpc) is 2.85. The zero-order valence-electron chi connectivity index (χ0n) is 9.49. The highest BCUT2D eigenvalue weighted by atomic mass is 16.4. The summed E-state index contributed by atoms with van der Waals surface area (Å²) >= 11 is 0. The summed E-state index contributed by atoms with van der Waals surface area (Å²) in [7, 11) is 0. The Morgan fingerprint density at radius 3 is 2.76 bits per heavy atom. The van der Waals surface area contributed by atoms with Crippen LogP contribution < -0.4 is 5.73 Å². The Morgan fingerprint density at radius 2 is 2.18 bits per heavy atom. The van der Waals surface area contributed by atoms with Gasteiger partial charge >= 0.3 is 0 Å². The minimum atomic E-state index is -0.00833. The molecule has 0 unspecified atom stereocenters. The van der Waals surface area contributed by atoms with Gasteiger partial charge in [-0.1, -0.05) is 5.16 Å². The first-order valence-corrected chi connectivity index (χ1v) is 4.97. The Bertz CT molecular complexity index is 560. The molecular formula is C10H12N6O. The first kappa shape index (κ1) is 11.1. The smallest absolute Gasteiger partial charge is 0.187 e. The minimum Gasteiger partial charge on any atom is -0.409 e. The van der Waals surface area contributed by atoms with Gasteiger partial charge in [0.05, 0.1) is 11.3 Å². The van der Waals surface area contributed by atoms with E-state index in [1.807, 2.05) is 13.8 Å². The van der Waals surface area contributed by atoms with Crippen molar-refractivity contribution in [2.45, 2.75) is 13.8 Å². The summed E-state index contributed by atoms with van der Waals surface area (Å²) in [5, 5.41) is 23.9. The molecule has 0 radical (unpaired) electrons. The Balaban J connectivity index is 2.72. The maximum Gasteiger partial charge on any atom is 0.187 e. The standard InChI is InChI=1S/C10H12N6O/c1-6-7(2)13-14-10(8(6)9(11)15-17)16-5-3-4-12-16/h3-5,17H,1-2H3,(H2,11,15). The summed E-state index contributed by atoms with van der Waals surface area (Å²) in [5.41, 5.74) is 7.72. The van der Waals surface area contributed by atoms with Crippen molar-refractivity contribution in [2.24, 2.45) is 10.9 Å². The van der Waals surface area contributed by atoms with Gasteiger partial charge in [-0.25, -0.2) is 4.68 Å². The van der Waals surface area contributed by atoms with Crippen LogP contribution in [0.1, 0.15) is 16.8 Å². The van der Waals surface area contributed by atoms with E-state index in [0.29, 0.717) is 11.4 Å². The third kappa shape index (κ3) is 1.82. The molecule has 88 valence electrons. The van der Waals surface area contributed by atoms with E-state index in [-0.39, 0.29) is 5.84 Å². The lowest BCUT2D eigenvalue weighted by atomic mass is 10.1. The normalized spacial score (nSPS) is 11.8. The van der Waals surface area contributed by atoms with Crippen molar-refractivity contribution in [2.75, 3.05) is 0 Å². The fraction of sp³-hybridized carbons (Fsp3) is 0.200. The number of nitrogens with zero attached hydrogens (tertiary/aromatic N) is 5. The van der Waals surface area contributed by atoms with E-state index in [2.05, 4.69) is 20.5 Å². The van der Waals surface area contributed by atoms with Crippen LogP contribution in [0.5, 0.6) is 0 Å². The van der Waals surface area contributed by atoms with Crippen LogP contribution >= 0.6 is 0 Å². The number of aryl methyl sites for hydroxylation is 1. The second kappa shape index (κ2) is 4.20. The maximum atomic E-state index is 8.81. The molecule has 2 aromatic heterocycles. The monoisotopic (exact) mass is 232 g/mol. The van der Waals surface area contributed by atoms with E-state index in [9.17, 15) is 0 Å². The highest BCUT2D eigenvalue weighted by Crippen LogP contribution is 2.16. The summed E-state index contributed by atoms with van der Waals surface area (Å²) in [5.74, 6) is 0.430. The van der Waals surface area contributed by atoms with E-state index < -0.39 is 0 Å². The first-order valence-electron chi connectivity index (χ1n) is 4.97. The van der Waals surface area contributed by atoms with Gasteiger partial charge in [0.15, 0.2) is 11.7 Å². The predicted molar refractivity (Wildman–Crippen MR) is 61.1 cm³/mol. The van der Waals surface area contributed by atoms with Crippen molar-refractivity contribution in [1.29, 1.82) is 0 Å². The van der Waals surface area contributed by atoms with E-state index >= 15 is 0 Å². The lowest BCUT2D eigenvalue weighted by molar-refractivity contribution is 0.318. The summed E-state index contributed by atoms with van der Waals surface area (Å²) in [6.45, 7) is 3.65. The molecule has 0 aliphatic heterocycles. The SMILES string of the molecule is Cc1nnc(-n2cccn2)c(/C(N)=N/O)c1C. The molecule has 0 bridgehead atoms. The number of oxime groups is 1.